The molecule has 3 aliphatic carbocycles. The summed E-state index contributed by atoms with van der Waals surface area (Å²) in [4.78, 5) is 5.20. The Morgan fingerprint density at radius 3 is 1.22 bits per heavy atom. The Bertz CT molecular complexity index is 6250. The maximum atomic E-state index is 2.67. The van der Waals surface area contributed by atoms with Crippen molar-refractivity contribution in [1.82, 2.24) is 0 Å². The van der Waals surface area contributed by atoms with Gasteiger partial charge < -0.3 is 9.80 Å². The van der Waals surface area contributed by atoms with Gasteiger partial charge in [0.05, 0.1) is 17.4 Å². The van der Waals surface area contributed by atoms with Crippen LogP contribution in [-0.4, -0.2) is 6.04 Å². The SMILES string of the molecule is CC1C=C(c2ccc(-c3ccccc3)cc2)C=CC1N(c1ccccc1-c1ccc(-c2ccccc2)cc1)c1ccccc1-c1cccc2cccc(C3CCCC(c4ccc(-c5ccc(-c6ccc(N(c7ccc(C(C)(C)C)cc7-c7ccccc7)c7ccccc7-c7cccc8cccc(C9CCCCC9)c78)cc6)cc5)cc4)C3)c12. The van der Waals surface area contributed by atoms with E-state index < -0.39 is 0 Å². The van der Waals surface area contributed by atoms with E-state index in [1.54, 1.807) is 0 Å². The summed E-state index contributed by atoms with van der Waals surface area (Å²) in [5, 5.41) is 5.36. The first kappa shape index (κ1) is 74.2. The summed E-state index contributed by atoms with van der Waals surface area (Å²) in [5.41, 5.74) is 33.5. The zero-order valence-electron chi connectivity index (χ0n) is 67.7. The molecule has 117 heavy (non-hydrogen) atoms. The molecule has 4 atom stereocenters. The van der Waals surface area contributed by atoms with Crippen molar-refractivity contribution < 1.29 is 0 Å². The van der Waals surface area contributed by atoms with Crippen LogP contribution in [0, 0.1) is 5.92 Å². The van der Waals surface area contributed by atoms with E-state index in [1.165, 1.54) is 200 Å². The largest absolute Gasteiger partial charge is 0.333 e. The predicted molar refractivity (Wildman–Crippen MR) is 500 cm³/mol. The summed E-state index contributed by atoms with van der Waals surface area (Å²) in [7, 11) is 0. The summed E-state index contributed by atoms with van der Waals surface area (Å²) >= 11 is 0. The average molecular weight is 1510 g/mol. The van der Waals surface area contributed by atoms with Gasteiger partial charge in [0.25, 0.3) is 0 Å². The van der Waals surface area contributed by atoms with Crippen molar-refractivity contribution in [2.24, 2.45) is 5.92 Å². The first-order valence-corrected chi connectivity index (χ1v) is 42.7. The minimum absolute atomic E-state index is 0.0000604. The smallest absolute Gasteiger partial charge is 0.0586 e. The van der Waals surface area contributed by atoms with Crippen molar-refractivity contribution in [3.8, 4) is 89.0 Å². The number of para-hydroxylation sites is 3. The van der Waals surface area contributed by atoms with Crippen LogP contribution in [-0.2, 0) is 5.41 Å². The maximum absolute atomic E-state index is 2.67. The van der Waals surface area contributed by atoms with Gasteiger partial charge in [0, 0.05) is 39.3 Å². The lowest BCUT2D eigenvalue weighted by molar-refractivity contribution is 0.395. The maximum Gasteiger partial charge on any atom is 0.0586 e. The molecule has 0 spiro atoms. The Morgan fingerprint density at radius 1 is 0.291 bits per heavy atom. The fourth-order valence-corrected chi connectivity index (χ4v) is 19.6. The van der Waals surface area contributed by atoms with Crippen molar-refractivity contribution in [3.63, 3.8) is 0 Å². The Balaban J connectivity index is 0.612. The van der Waals surface area contributed by atoms with Crippen LogP contribution in [0.4, 0.5) is 28.4 Å². The van der Waals surface area contributed by atoms with Crippen molar-refractivity contribution in [1.29, 1.82) is 0 Å². The Kier molecular flexibility index (Phi) is 20.8. The highest BCUT2D eigenvalue weighted by molar-refractivity contribution is 6.06. The number of rotatable bonds is 18. The molecular formula is C115H100N2. The first-order chi connectivity index (χ1) is 57.6. The van der Waals surface area contributed by atoms with E-state index in [1.807, 2.05) is 0 Å². The molecule has 16 aromatic carbocycles. The van der Waals surface area contributed by atoms with E-state index in [4.69, 9.17) is 0 Å². The standard InChI is InChI=1S/C115H100N2/c1-79-76-96(89-62-56-82(57-63-89)80-28-9-5-10-29-80)70-74-108(79)117(109-49-20-17-42-100(109)92-66-64-83(65-67-92)81-30-11-6-12-31-81)111-51-22-19-44-104(111)106-48-27-39-94-37-25-46-102(114(94)106)97-41-23-40-95(77-97)88-60-58-85(59-61-88)84-52-54-86(55-53-84)87-68-72-99(73-69-87)116(112-75-71-98(115(2,3)4)78-107(112)91-34-15-8-16-35-91)110-50-21-18-43-103(110)105-47-26-38-93-36-24-45-101(113(93)105)90-32-13-7-14-33-90/h5-6,8-12,15-22,24-31,34-39,42-76,78-79,90,95,97,108H,7,13-14,23,32-33,40-41,77H2,1-4H3. The van der Waals surface area contributed by atoms with Gasteiger partial charge in [-0.1, -0.05) is 405 Å². The molecule has 0 aromatic heterocycles. The number of benzene rings is 16. The Hall–Kier alpha value is -12.9. The zero-order valence-corrected chi connectivity index (χ0v) is 67.7. The van der Waals surface area contributed by atoms with Gasteiger partial charge in [-0.15, -0.1) is 0 Å². The normalized spacial score (nSPS) is 16.4. The molecule has 2 heteroatoms. The van der Waals surface area contributed by atoms with Crippen LogP contribution in [0.5, 0.6) is 0 Å². The third-order valence-electron chi connectivity index (χ3n) is 25.7. The summed E-state index contributed by atoms with van der Waals surface area (Å²) in [6, 6.07) is 142. The van der Waals surface area contributed by atoms with Gasteiger partial charge in [-0.2, -0.15) is 0 Å². The van der Waals surface area contributed by atoms with Crippen molar-refractivity contribution in [3.05, 3.63) is 422 Å². The van der Waals surface area contributed by atoms with E-state index in [9.17, 15) is 0 Å². The lowest BCUT2D eigenvalue weighted by Crippen LogP contribution is -2.36. The molecule has 3 aliphatic rings. The molecule has 0 N–H and O–H groups in total. The van der Waals surface area contributed by atoms with Crippen LogP contribution < -0.4 is 9.80 Å². The molecular weight excluding hydrogens is 1410 g/mol. The number of anilines is 5. The minimum Gasteiger partial charge on any atom is -0.333 e. The highest BCUT2D eigenvalue weighted by Crippen LogP contribution is 2.53. The summed E-state index contributed by atoms with van der Waals surface area (Å²) in [5.74, 6) is 1.55. The minimum atomic E-state index is -0.0396. The topological polar surface area (TPSA) is 6.48 Å². The molecule has 19 rings (SSSR count). The van der Waals surface area contributed by atoms with Crippen molar-refractivity contribution in [2.45, 2.75) is 115 Å². The molecule has 2 fully saturated rings. The third kappa shape index (κ3) is 15.1. The number of allylic oxidation sites excluding steroid dienone is 2. The van der Waals surface area contributed by atoms with Gasteiger partial charge in [-0.3, -0.25) is 0 Å². The molecule has 0 amide bonds. The molecule has 2 saturated carbocycles. The molecule has 0 heterocycles. The molecule has 0 saturated heterocycles. The van der Waals surface area contributed by atoms with E-state index in [0.29, 0.717) is 17.8 Å². The van der Waals surface area contributed by atoms with Gasteiger partial charge in [0.1, 0.15) is 0 Å². The molecule has 4 unspecified atom stereocenters. The highest BCUT2D eigenvalue weighted by Gasteiger charge is 2.33. The highest BCUT2D eigenvalue weighted by atomic mass is 15.2. The summed E-state index contributed by atoms with van der Waals surface area (Å²) < 4.78 is 0. The molecule has 0 aliphatic heterocycles. The van der Waals surface area contributed by atoms with E-state index in [0.717, 1.165) is 29.9 Å². The van der Waals surface area contributed by atoms with E-state index in [-0.39, 0.29) is 17.4 Å². The van der Waals surface area contributed by atoms with Crippen molar-refractivity contribution >= 4 is 55.6 Å². The second kappa shape index (κ2) is 32.8. The summed E-state index contributed by atoms with van der Waals surface area (Å²) in [6.45, 7) is 9.37. The average Bonchev–Trinajstić information content (AvgIpc) is 0.751. The molecule has 0 radical (unpaired) electrons. The molecule has 570 valence electrons. The fraction of sp³-hybridized carbons (Fsp3) is 0.165. The van der Waals surface area contributed by atoms with Gasteiger partial charge in [0.2, 0.25) is 0 Å². The summed E-state index contributed by atoms with van der Waals surface area (Å²) in [6.07, 6.45) is 18.4. The molecule has 2 nitrogen and oxygen atoms in total. The number of nitrogens with zero attached hydrogens (tertiary/aromatic N) is 2. The van der Waals surface area contributed by atoms with Crippen molar-refractivity contribution in [2.75, 3.05) is 9.80 Å². The predicted octanol–water partition coefficient (Wildman–Crippen LogP) is 32.4. The lowest BCUT2D eigenvalue weighted by atomic mass is 9.73. The van der Waals surface area contributed by atoms with Crippen LogP contribution in [0.25, 0.3) is 116 Å². The van der Waals surface area contributed by atoms with Crippen LogP contribution in [0.15, 0.2) is 394 Å². The first-order valence-electron chi connectivity index (χ1n) is 42.7. The fourth-order valence-electron chi connectivity index (χ4n) is 19.6. The zero-order chi connectivity index (χ0) is 78.8. The van der Waals surface area contributed by atoms with E-state index >= 15 is 0 Å². The van der Waals surface area contributed by atoms with Gasteiger partial charge in [0.15, 0.2) is 0 Å². The lowest BCUT2D eigenvalue weighted by Gasteiger charge is -2.39. The number of hydrogen-bond donors (Lipinski definition) is 0. The Labute approximate surface area is 692 Å². The van der Waals surface area contributed by atoms with Crippen LogP contribution in [0.2, 0.25) is 0 Å². The molecule has 0 bridgehead atoms. The molecule has 16 aromatic rings. The number of fused-ring (bicyclic) bond motifs is 2. The van der Waals surface area contributed by atoms with Crippen LogP contribution in [0.3, 0.4) is 0 Å². The van der Waals surface area contributed by atoms with Gasteiger partial charge in [-0.05, 0) is 225 Å². The monoisotopic (exact) mass is 1510 g/mol. The van der Waals surface area contributed by atoms with E-state index in [2.05, 4.69) is 432 Å². The number of hydrogen-bond acceptors (Lipinski definition) is 2. The van der Waals surface area contributed by atoms with Crippen LogP contribution in [0.1, 0.15) is 131 Å². The van der Waals surface area contributed by atoms with Crippen LogP contribution >= 0.6 is 0 Å². The second-order valence-electron chi connectivity index (χ2n) is 34.0. The Morgan fingerprint density at radius 2 is 0.684 bits per heavy atom. The quantitative estimate of drug-likeness (QED) is 0.0845. The second-order valence-corrected chi connectivity index (χ2v) is 34.0. The van der Waals surface area contributed by atoms with Gasteiger partial charge >= 0.3 is 0 Å². The van der Waals surface area contributed by atoms with Gasteiger partial charge in [-0.25, -0.2) is 0 Å². The third-order valence-corrected chi connectivity index (χ3v) is 25.7.